The number of benzene rings is 1. The molecule has 0 radical (unpaired) electrons. The highest BCUT2D eigenvalue weighted by molar-refractivity contribution is 6.06. The van der Waals surface area contributed by atoms with E-state index in [2.05, 4.69) is 4.98 Å². The lowest BCUT2D eigenvalue weighted by Crippen LogP contribution is -2.18. The average molecular weight is 158 g/mol. The van der Waals surface area contributed by atoms with Crippen LogP contribution >= 0.6 is 0 Å². The molecule has 4 heteroatoms. The smallest absolute Gasteiger partial charge is 0.248 e. The average Bonchev–Trinajstić information content (AvgIpc) is 2.12. The summed E-state index contributed by atoms with van der Waals surface area (Å²) in [6, 6.07) is 7.32. The van der Waals surface area contributed by atoms with E-state index >= 15 is 0 Å². The molecule has 0 unspecified atom stereocenters. The topological polar surface area (TPSA) is 34.9 Å². The van der Waals surface area contributed by atoms with E-state index in [1.807, 2.05) is 18.2 Å². The molecule has 0 aliphatic rings. The standard InChI is InChI=1S/C8H7BN2O/c9-11-5-10-7-4-2-1-3-6(7)8(11)12/h1-5H,9H2. The number of hydrogen-bond donors (Lipinski definition) is 0. The Hall–Kier alpha value is -1.58. The molecule has 0 saturated heterocycles. The Morgan fingerprint density at radius 2 is 2.08 bits per heavy atom. The quantitative estimate of drug-likeness (QED) is 0.497. The second-order valence-electron chi connectivity index (χ2n) is 2.68. The molecule has 0 saturated carbocycles. The summed E-state index contributed by atoms with van der Waals surface area (Å²) in [6.07, 6.45) is 1.53. The van der Waals surface area contributed by atoms with Gasteiger partial charge >= 0.3 is 0 Å². The zero-order valence-corrected chi connectivity index (χ0v) is 6.69. The summed E-state index contributed by atoms with van der Waals surface area (Å²) < 4.78 is 1.47. The Labute approximate surface area is 70.1 Å². The summed E-state index contributed by atoms with van der Waals surface area (Å²) in [5.74, 6) is 0. The van der Waals surface area contributed by atoms with Crippen molar-refractivity contribution in [3.8, 4) is 0 Å². The van der Waals surface area contributed by atoms with Gasteiger partial charge in [-0.25, -0.2) is 4.98 Å². The second kappa shape index (κ2) is 2.48. The molecule has 58 valence electrons. The molecule has 3 nitrogen and oxygen atoms in total. The third-order valence-electron chi connectivity index (χ3n) is 1.82. The molecule has 0 amide bonds. The van der Waals surface area contributed by atoms with E-state index in [0.29, 0.717) is 5.39 Å². The van der Waals surface area contributed by atoms with Crippen LogP contribution in [0.5, 0.6) is 0 Å². The lowest BCUT2D eigenvalue weighted by atomic mass is 10.2. The molecule has 12 heavy (non-hydrogen) atoms. The van der Waals surface area contributed by atoms with Crippen LogP contribution in [0.2, 0.25) is 0 Å². The predicted molar refractivity (Wildman–Crippen MR) is 49.9 cm³/mol. The first kappa shape index (κ1) is 7.09. The fourth-order valence-corrected chi connectivity index (χ4v) is 1.16. The Morgan fingerprint density at radius 3 is 2.92 bits per heavy atom. The van der Waals surface area contributed by atoms with E-state index in [-0.39, 0.29) is 5.56 Å². The van der Waals surface area contributed by atoms with Crippen LogP contribution < -0.4 is 5.56 Å². The first-order chi connectivity index (χ1) is 5.79. The van der Waals surface area contributed by atoms with E-state index in [1.165, 1.54) is 10.8 Å². The molecule has 0 aliphatic carbocycles. The first-order valence-electron chi connectivity index (χ1n) is 3.69. The molecule has 0 fully saturated rings. The summed E-state index contributed by atoms with van der Waals surface area (Å²) in [5.41, 5.74) is 0.751. The minimum Gasteiger partial charge on any atom is -0.352 e. The summed E-state index contributed by atoms with van der Waals surface area (Å²) in [5, 5.41) is 0.669. The van der Waals surface area contributed by atoms with E-state index < -0.39 is 0 Å². The predicted octanol–water partition coefficient (Wildman–Crippen LogP) is -0.207. The Morgan fingerprint density at radius 1 is 1.33 bits per heavy atom. The van der Waals surface area contributed by atoms with Gasteiger partial charge in [0.25, 0.3) is 0 Å². The van der Waals surface area contributed by atoms with Crippen LogP contribution in [0.4, 0.5) is 0 Å². The van der Waals surface area contributed by atoms with Crippen LogP contribution in [-0.2, 0) is 0 Å². The molecule has 1 aromatic carbocycles. The van der Waals surface area contributed by atoms with Gasteiger partial charge in [0.15, 0.2) is 0 Å². The third-order valence-corrected chi connectivity index (χ3v) is 1.82. The molecule has 0 atom stereocenters. The molecule has 0 spiro atoms. The molecule has 2 rings (SSSR count). The van der Waals surface area contributed by atoms with Crippen molar-refractivity contribution in [2.24, 2.45) is 0 Å². The maximum absolute atomic E-state index is 11.5. The van der Waals surface area contributed by atoms with Crippen molar-refractivity contribution >= 4 is 18.9 Å². The van der Waals surface area contributed by atoms with Gasteiger partial charge < -0.3 is 4.48 Å². The van der Waals surface area contributed by atoms with Crippen LogP contribution in [0.1, 0.15) is 0 Å². The van der Waals surface area contributed by atoms with Crippen LogP contribution in [0.3, 0.4) is 0 Å². The van der Waals surface area contributed by atoms with Gasteiger partial charge in [0.1, 0.15) is 0 Å². The highest BCUT2D eigenvalue weighted by Gasteiger charge is 1.97. The van der Waals surface area contributed by atoms with Gasteiger partial charge in [0, 0.05) is 0 Å². The maximum Gasteiger partial charge on any atom is 0.248 e. The number of hydrogen-bond acceptors (Lipinski definition) is 2. The van der Waals surface area contributed by atoms with Crippen molar-refractivity contribution in [2.75, 3.05) is 0 Å². The minimum absolute atomic E-state index is 0.000556. The van der Waals surface area contributed by atoms with Crippen LogP contribution in [-0.4, -0.2) is 17.4 Å². The summed E-state index contributed by atoms with van der Waals surface area (Å²) in [6.45, 7) is 0. The Balaban J connectivity index is 3.01. The van der Waals surface area contributed by atoms with Crippen LogP contribution in [0, 0.1) is 0 Å². The van der Waals surface area contributed by atoms with Gasteiger partial charge in [0.05, 0.1) is 17.2 Å². The highest BCUT2D eigenvalue weighted by atomic mass is 16.1. The van der Waals surface area contributed by atoms with Gasteiger partial charge in [-0.2, -0.15) is 0 Å². The molecular weight excluding hydrogens is 151 g/mol. The molecule has 1 aromatic heterocycles. The van der Waals surface area contributed by atoms with Gasteiger partial charge in [-0.3, -0.25) is 4.79 Å². The summed E-state index contributed by atoms with van der Waals surface area (Å²) >= 11 is 0. The van der Waals surface area contributed by atoms with E-state index in [0.717, 1.165) is 5.52 Å². The summed E-state index contributed by atoms with van der Waals surface area (Å²) in [7, 11) is 1.70. The lowest BCUT2D eigenvalue weighted by Gasteiger charge is -1.98. The molecule has 0 bridgehead atoms. The fourth-order valence-electron chi connectivity index (χ4n) is 1.16. The van der Waals surface area contributed by atoms with Crippen LogP contribution in [0.25, 0.3) is 10.9 Å². The van der Waals surface area contributed by atoms with Gasteiger partial charge in [-0.15, -0.1) is 0 Å². The maximum atomic E-state index is 11.5. The van der Waals surface area contributed by atoms with Gasteiger partial charge in [-0.1, -0.05) is 12.1 Å². The second-order valence-corrected chi connectivity index (χ2v) is 2.68. The largest absolute Gasteiger partial charge is 0.352 e. The zero-order valence-electron chi connectivity index (χ0n) is 6.69. The molecule has 0 aliphatic heterocycles. The van der Waals surface area contributed by atoms with E-state index in [9.17, 15) is 4.79 Å². The first-order valence-corrected chi connectivity index (χ1v) is 3.69. The van der Waals surface area contributed by atoms with Crippen molar-refractivity contribution in [3.05, 3.63) is 40.9 Å². The highest BCUT2D eigenvalue weighted by Crippen LogP contribution is 2.03. The van der Waals surface area contributed by atoms with Crippen molar-refractivity contribution in [1.29, 1.82) is 0 Å². The molecule has 0 N–H and O–H groups in total. The molecule has 1 heterocycles. The number of para-hydroxylation sites is 1. The normalized spacial score (nSPS) is 10.3. The van der Waals surface area contributed by atoms with E-state index in [1.54, 1.807) is 14.0 Å². The van der Waals surface area contributed by atoms with Crippen molar-refractivity contribution in [1.82, 2.24) is 9.46 Å². The third kappa shape index (κ3) is 0.924. The number of fused-ring (bicyclic) bond motifs is 1. The number of aromatic nitrogens is 2. The van der Waals surface area contributed by atoms with Gasteiger partial charge in [0.2, 0.25) is 13.5 Å². The van der Waals surface area contributed by atoms with Crippen LogP contribution in [0.15, 0.2) is 35.4 Å². The van der Waals surface area contributed by atoms with Crippen molar-refractivity contribution in [3.63, 3.8) is 0 Å². The minimum atomic E-state index is 0.000556. The lowest BCUT2D eigenvalue weighted by molar-refractivity contribution is 1.08. The SMILES string of the molecule is Bn1cnc2ccccc2c1=O. The van der Waals surface area contributed by atoms with Gasteiger partial charge in [-0.05, 0) is 12.1 Å². The van der Waals surface area contributed by atoms with Crippen molar-refractivity contribution < 1.29 is 0 Å². The Kier molecular flexibility index (Phi) is 1.47. The monoisotopic (exact) mass is 158 g/mol. The molecule has 2 aromatic rings. The van der Waals surface area contributed by atoms with E-state index in [4.69, 9.17) is 0 Å². The number of nitrogens with zero attached hydrogens (tertiary/aromatic N) is 2. The van der Waals surface area contributed by atoms with Crippen molar-refractivity contribution in [2.45, 2.75) is 0 Å². The fraction of sp³-hybridized carbons (Fsp3) is 0. The molecular formula is C8H7BN2O. The number of rotatable bonds is 0. The zero-order chi connectivity index (χ0) is 8.55. The Bertz CT molecular complexity index is 478. The summed E-state index contributed by atoms with van der Waals surface area (Å²) in [4.78, 5) is 15.6.